The van der Waals surface area contributed by atoms with Gasteiger partial charge in [-0.2, -0.15) is 0 Å². The van der Waals surface area contributed by atoms with Gasteiger partial charge in [-0.3, -0.25) is 14.4 Å². The minimum Gasteiger partial charge on any atom is -0.497 e. The molecule has 0 aromatic heterocycles. The van der Waals surface area contributed by atoms with Crippen LogP contribution in [0.2, 0.25) is 0 Å². The van der Waals surface area contributed by atoms with Gasteiger partial charge in [-0.25, -0.2) is 0 Å². The van der Waals surface area contributed by atoms with Crippen molar-refractivity contribution < 1.29 is 29.0 Å². The molecule has 152 valence electrons. The number of benzene rings is 2. The van der Waals surface area contributed by atoms with Gasteiger partial charge >= 0.3 is 5.97 Å². The third kappa shape index (κ3) is 6.08. The lowest BCUT2D eigenvalue weighted by Crippen LogP contribution is -2.37. The molecule has 3 N–H and O–H groups in total. The summed E-state index contributed by atoms with van der Waals surface area (Å²) in [5, 5.41) is 13.6. The van der Waals surface area contributed by atoms with Crippen LogP contribution in [0.5, 0.6) is 11.5 Å². The average Bonchev–Trinajstić information content (AvgIpc) is 2.71. The van der Waals surface area contributed by atoms with Gasteiger partial charge in [-0.1, -0.05) is 12.1 Å². The van der Waals surface area contributed by atoms with E-state index in [1.165, 1.54) is 20.3 Å². The maximum Gasteiger partial charge on any atom is 0.322 e. The Morgan fingerprint density at radius 2 is 1.83 bits per heavy atom. The zero-order valence-electron chi connectivity index (χ0n) is 15.7. The average molecular weight is 463 g/mol. The SMILES string of the molecule is COc1ccc(/C=C(/NC(=O)c2ccccc2Br)C(=O)NCC(=O)O)c(OC)c1. The molecular weight excluding hydrogens is 444 g/mol. The van der Waals surface area contributed by atoms with E-state index >= 15 is 0 Å². The number of carbonyl (C=O) groups excluding carboxylic acids is 2. The van der Waals surface area contributed by atoms with E-state index in [4.69, 9.17) is 14.6 Å². The first-order valence-corrected chi connectivity index (χ1v) is 9.14. The summed E-state index contributed by atoms with van der Waals surface area (Å²) < 4.78 is 11.0. The zero-order valence-corrected chi connectivity index (χ0v) is 17.3. The van der Waals surface area contributed by atoms with Crippen molar-refractivity contribution in [3.05, 3.63) is 63.8 Å². The van der Waals surface area contributed by atoms with Gasteiger partial charge in [0.25, 0.3) is 11.8 Å². The van der Waals surface area contributed by atoms with E-state index in [0.29, 0.717) is 27.1 Å². The predicted octanol–water partition coefficient (Wildman–Crippen LogP) is 2.44. The molecule has 0 aliphatic heterocycles. The number of amides is 2. The second kappa shape index (κ2) is 10.3. The minimum absolute atomic E-state index is 0.143. The maximum atomic E-state index is 12.6. The van der Waals surface area contributed by atoms with E-state index in [9.17, 15) is 14.4 Å². The Morgan fingerprint density at radius 3 is 2.45 bits per heavy atom. The summed E-state index contributed by atoms with van der Waals surface area (Å²) in [6, 6.07) is 11.6. The number of hydrogen-bond acceptors (Lipinski definition) is 5. The zero-order chi connectivity index (χ0) is 21.4. The second-order valence-corrected chi connectivity index (χ2v) is 6.53. The predicted molar refractivity (Wildman–Crippen MR) is 110 cm³/mol. The maximum absolute atomic E-state index is 12.6. The van der Waals surface area contributed by atoms with Crippen molar-refractivity contribution in [3.8, 4) is 11.5 Å². The second-order valence-electron chi connectivity index (χ2n) is 5.68. The molecule has 0 fully saturated rings. The molecule has 0 saturated heterocycles. The molecule has 0 bridgehead atoms. The Morgan fingerprint density at radius 1 is 1.10 bits per heavy atom. The molecular formula is C20H19BrN2O6. The first-order chi connectivity index (χ1) is 13.8. The normalized spacial score (nSPS) is 10.8. The summed E-state index contributed by atoms with van der Waals surface area (Å²) in [7, 11) is 2.96. The van der Waals surface area contributed by atoms with E-state index < -0.39 is 24.3 Å². The molecule has 0 aliphatic carbocycles. The molecule has 2 aromatic carbocycles. The third-order valence-electron chi connectivity index (χ3n) is 3.75. The molecule has 9 heteroatoms. The Labute approximate surface area is 175 Å². The molecule has 0 unspecified atom stereocenters. The summed E-state index contributed by atoms with van der Waals surface area (Å²) in [4.78, 5) is 35.9. The standard InChI is InChI=1S/C20H19BrN2O6/c1-28-13-8-7-12(17(10-13)29-2)9-16(20(27)22-11-18(24)25)23-19(26)14-5-3-4-6-15(14)21/h3-10H,11H2,1-2H3,(H,22,27)(H,23,26)(H,24,25)/b16-9+. The number of carboxylic acid groups (broad SMARTS) is 1. The molecule has 2 aromatic rings. The highest BCUT2D eigenvalue weighted by molar-refractivity contribution is 9.10. The summed E-state index contributed by atoms with van der Waals surface area (Å²) in [6.07, 6.45) is 1.39. The topological polar surface area (TPSA) is 114 Å². The van der Waals surface area contributed by atoms with Crippen LogP contribution >= 0.6 is 15.9 Å². The molecule has 8 nitrogen and oxygen atoms in total. The number of nitrogens with one attached hydrogen (secondary N) is 2. The van der Waals surface area contributed by atoms with Crippen molar-refractivity contribution in [3.63, 3.8) is 0 Å². The van der Waals surface area contributed by atoms with Gasteiger partial charge in [0.2, 0.25) is 0 Å². The van der Waals surface area contributed by atoms with Crippen molar-refractivity contribution in [1.82, 2.24) is 10.6 Å². The minimum atomic E-state index is -1.21. The smallest absolute Gasteiger partial charge is 0.322 e. The van der Waals surface area contributed by atoms with E-state index in [1.54, 1.807) is 42.5 Å². The lowest BCUT2D eigenvalue weighted by molar-refractivity contribution is -0.137. The lowest BCUT2D eigenvalue weighted by Gasteiger charge is -2.13. The number of carbonyl (C=O) groups is 3. The number of carboxylic acids is 1. The van der Waals surface area contributed by atoms with Crippen molar-refractivity contribution in [2.75, 3.05) is 20.8 Å². The fourth-order valence-corrected chi connectivity index (χ4v) is 2.80. The number of ether oxygens (including phenoxy) is 2. The van der Waals surface area contributed by atoms with Gasteiger partial charge in [-0.05, 0) is 46.3 Å². The van der Waals surface area contributed by atoms with Crippen molar-refractivity contribution in [1.29, 1.82) is 0 Å². The summed E-state index contributed by atoms with van der Waals surface area (Å²) in [5.74, 6) is -1.56. The summed E-state index contributed by atoms with van der Waals surface area (Å²) in [6.45, 7) is -0.596. The first kappa shape index (κ1) is 22.0. The molecule has 0 radical (unpaired) electrons. The fourth-order valence-electron chi connectivity index (χ4n) is 2.34. The van der Waals surface area contributed by atoms with Crippen LogP contribution in [-0.4, -0.2) is 43.7 Å². The van der Waals surface area contributed by atoms with Crippen LogP contribution in [0.4, 0.5) is 0 Å². The number of aliphatic carboxylic acids is 1. The summed E-state index contributed by atoms with van der Waals surface area (Å²) in [5.41, 5.74) is 0.655. The van der Waals surface area contributed by atoms with Crippen LogP contribution < -0.4 is 20.1 Å². The number of hydrogen-bond donors (Lipinski definition) is 3. The van der Waals surface area contributed by atoms with E-state index in [2.05, 4.69) is 26.6 Å². The molecule has 2 rings (SSSR count). The molecule has 29 heavy (non-hydrogen) atoms. The fraction of sp³-hybridized carbons (Fsp3) is 0.150. The van der Waals surface area contributed by atoms with Gasteiger partial charge in [0.05, 0.1) is 19.8 Å². The quantitative estimate of drug-likeness (QED) is 0.519. The number of methoxy groups -OCH3 is 2. The molecule has 0 aliphatic rings. The Kier molecular flexibility index (Phi) is 7.79. The molecule has 0 atom stereocenters. The highest BCUT2D eigenvalue weighted by Crippen LogP contribution is 2.26. The van der Waals surface area contributed by atoms with Gasteiger partial charge in [0.1, 0.15) is 23.7 Å². The molecule has 0 spiro atoms. The van der Waals surface area contributed by atoms with Crippen molar-refractivity contribution in [2.45, 2.75) is 0 Å². The summed E-state index contributed by atoms with van der Waals surface area (Å²) >= 11 is 3.29. The number of halogens is 1. The van der Waals surface area contributed by atoms with Crippen LogP contribution in [0.1, 0.15) is 15.9 Å². The molecule has 2 amide bonds. The van der Waals surface area contributed by atoms with Crippen molar-refractivity contribution >= 4 is 39.8 Å². The first-order valence-electron chi connectivity index (χ1n) is 8.35. The van der Waals surface area contributed by atoms with Crippen LogP contribution in [0.3, 0.4) is 0 Å². The van der Waals surface area contributed by atoms with Gasteiger partial charge in [0, 0.05) is 16.1 Å². The Bertz CT molecular complexity index is 958. The number of rotatable bonds is 8. The molecule has 0 saturated carbocycles. The highest BCUT2D eigenvalue weighted by Gasteiger charge is 2.18. The van der Waals surface area contributed by atoms with E-state index in [1.807, 2.05) is 0 Å². The Balaban J connectivity index is 2.41. The van der Waals surface area contributed by atoms with Crippen LogP contribution in [-0.2, 0) is 9.59 Å². The Hall–Kier alpha value is -3.33. The van der Waals surface area contributed by atoms with Crippen molar-refractivity contribution in [2.24, 2.45) is 0 Å². The van der Waals surface area contributed by atoms with E-state index in [-0.39, 0.29) is 5.70 Å². The van der Waals surface area contributed by atoms with Crippen LogP contribution in [0.25, 0.3) is 6.08 Å². The lowest BCUT2D eigenvalue weighted by atomic mass is 10.1. The van der Waals surface area contributed by atoms with Gasteiger partial charge < -0.3 is 25.2 Å². The molecule has 0 heterocycles. The third-order valence-corrected chi connectivity index (χ3v) is 4.44. The van der Waals surface area contributed by atoms with Gasteiger partial charge in [-0.15, -0.1) is 0 Å². The monoisotopic (exact) mass is 462 g/mol. The van der Waals surface area contributed by atoms with E-state index in [0.717, 1.165) is 0 Å². The van der Waals surface area contributed by atoms with Crippen LogP contribution in [0, 0.1) is 0 Å². The largest absolute Gasteiger partial charge is 0.497 e. The van der Waals surface area contributed by atoms with Crippen LogP contribution in [0.15, 0.2) is 52.6 Å². The highest BCUT2D eigenvalue weighted by atomic mass is 79.9. The van der Waals surface area contributed by atoms with Gasteiger partial charge in [0.15, 0.2) is 0 Å².